The third-order valence-electron chi connectivity index (χ3n) is 21.3. The number of aromatic hydroxyl groups is 6. The van der Waals surface area contributed by atoms with Gasteiger partial charge in [0.25, 0.3) is 0 Å². The second-order valence-corrected chi connectivity index (χ2v) is 29.3. The van der Waals surface area contributed by atoms with Crippen molar-refractivity contribution < 1.29 is 74.6 Å². The molecule has 0 spiro atoms. The molecule has 0 amide bonds. The van der Waals surface area contributed by atoms with E-state index in [-0.39, 0.29) is 34.5 Å². The Balaban J connectivity index is 1.31. The zero-order chi connectivity index (χ0) is 76.2. The minimum Gasteiger partial charge on any atom is -0.508 e. The van der Waals surface area contributed by atoms with Crippen LogP contribution in [0.4, 0.5) is 0 Å². The molecular formula is C89H94O15. The van der Waals surface area contributed by atoms with Crippen LogP contribution in [0, 0.1) is 104 Å². The Hall–Kier alpha value is -11.2. The van der Waals surface area contributed by atoms with Crippen LogP contribution in [-0.2, 0) is 25.2 Å². The second kappa shape index (κ2) is 29.3. The van der Waals surface area contributed by atoms with E-state index >= 15 is 0 Å². The smallest absolute Gasteiger partial charge is 0.341 e. The lowest BCUT2D eigenvalue weighted by molar-refractivity contribution is -0.140. The maximum Gasteiger partial charge on any atom is 0.341 e. The Morgan fingerprint density at radius 2 is 0.481 bits per heavy atom. The summed E-state index contributed by atoms with van der Waals surface area (Å²) in [5, 5.41) is 98.1. The summed E-state index contributed by atoms with van der Waals surface area (Å²) < 4.78 is 19.3. The number of rotatable bonds is 23. The minimum atomic E-state index is -1.24. The standard InChI is InChI=1S/C89H94O15/c1-44-32-73(90)50(7)26-64(44)82(65-27-51(8)74(91)33-45(65)2)70-38-61(23-56(13)85(70)102-41-79(96)97)88(16,17)59-19-21-60(22-20-59)89(18,62-24-57(14)86(103-42-80(98)99)71(39-62)83(66-28-52(9)75(92)34-46(66)3)67-29-53(10)76(93)35-47(67)4)63-25-58(15)87(104-43-81(100)101)72(40-63)84(68-30-54(11)77(94)36-48(68)5)69-31-55(12)78(95)37-49(69)6/h19-40,82-84,90-95H,41-43H2,1-18H3,(H,96,97)(H,98,99)(H,100,101). The molecule has 15 nitrogen and oxygen atoms in total. The molecule has 0 saturated heterocycles. The SMILES string of the molecule is Cc1cc(C(c2cc(C)c(O)cc2C)c2cc(C(C)(C)c3ccc(C(C)(c4cc(C)c(OCC(=O)O)c(C(c5cc(C)c(O)cc5C)c5cc(C)c(O)cc5C)c4)c4cc(C)c(OCC(=O)O)c(C(c5cc(C)c(O)cc5C)c5cc(C)c(O)cc5C)c4)cc3)cc(C)c2OCC(=O)O)c(C)cc1O. The van der Waals surface area contributed by atoms with Crippen molar-refractivity contribution in [1.29, 1.82) is 0 Å². The normalized spacial score (nSPS) is 11.8. The topological polar surface area (TPSA) is 261 Å². The number of hydrogen-bond donors (Lipinski definition) is 9. The molecule has 0 bridgehead atoms. The summed E-state index contributed by atoms with van der Waals surface area (Å²) in [7, 11) is 0. The van der Waals surface area contributed by atoms with Gasteiger partial charge in [-0.25, -0.2) is 14.4 Å². The van der Waals surface area contributed by atoms with Gasteiger partial charge in [-0.1, -0.05) is 98.8 Å². The zero-order valence-corrected chi connectivity index (χ0v) is 62.5. The first-order chi connectivity index (χ1) is 48.8. The molecular weight excluding hydrogens is 1310 g/mol. The Labute approximate surface area is 609 Å². The lowest BCUT2D eigenvalue weighted by Crippen LogP contribution is -2.28. The lowest BCUT2D eigenvalue weighted by atomic mass is 9.67. The number of phenolic OH excluding ortho intramolecular Hbond substituents is 6. The van der Waals surface area contributed by atoms with Gasteiger partial charge < -0.3 is 60.2 Å². The van der Waals surface area contributed by atoms with Gasteiger partial charge in [-0.05, 0) is 304 Å². The van der Waals surface area contributed by atoms with Crippen LogP contribution in [0.1, 0.15) is 200 Å². The largest absolute Gasteiger partial charge is 0.508 e. The molecule has 0 heterocycles. The van der Waals surface area contributed by atoms with Crippen LogP contribution in [0.3, 0.4) is 0 Å². The van der Waals surface area contributed by atoms with Crippen LogP contribution in [0.25, 0.3) is 0 Å². The first-order valence-electron chi connectivity index (χ1n) is 34.7. The van der Waals surface area contributed by atoms with E-state index < -0.39 is 66.3 Å². The molecule has 0 aliphatic rings. The Kier molecular flexibility index (Phi) is 21.2. The molecule has 0 fully saturated rings. The number of carbonyl (C=O) groups is 3. The Bertz CT molecular complexity index is 4730. The number of phenols is 6. The van der Waals surface area contributed by atoms with Gasteiger partial charge in [0.15, 0.2) is 19.8 Å². The number of aliphatic carboxylic acids is 3. The summed E-state index contributed by atoms with van der Waals surface area (Å²) in [5.74, 6) is -3.97. The lowest BCUT2D eigenvalue weighted by Gasteiger charge is -2.37. The van der Waals surface area contributed by atoms with Crippen LogP contribution in [0.2, 0.25) is 0 Å². The monoisotopic (exact) mass is 1400 g/mol. The van der Waals surface area contributed by atoms with Crippen LogP contribution < -0.4 is 14.2 Å². The van der Waals surface area contributed by atoms with Crippen molar-refractivity contribution in [2.45, 2.75) is 153 Å². The molecule has 0 aliphatic carbocycles. The van der Waals surface area contributed by atoms with Crippen molar-refractivity contribution in [2.75, 3.05) is 19.8 Å². The van der Waals surface area contributed by atoms with E-state index in [1.807, 2.05) is 158 Å². The van der Waals surface area contributed by atoms with Gasteiger partial charge in [-0.2, -0.15) is 0 Å². The first-order valence-corrected chi connectivity index (χ1v) is 34.7. The third kappa shape index (κ3) is 14.6. The van der Waals surface area contributed by atoms with Crippen molar-refractivity contribution >= 4 is 17.9 Å². The van der Waals surface area contributed by atoms with Gasteiger partial charge >= 0.3 is 17.9 Å². The highest BCUT2D eigenvalue weighted by Crippen LogP contribution is 2.53. The molecule has 0 saturated carbocycles. The maximum absolute atomic E-state index is 12.7. The van der Waals surface area contributed by atoms with Crippen molar-refractivity contribution in [3.8, 4) is 51.7 Å². The molecule has 104 heavy (non-hydrogen) atoms. The van der Waals surface area contributed by atoms with E-state index in [0.717, 1.165) is 94.6 Å². The fourth-order valence-corrected chi connectivity index (χ4v) is 15.2. The van der Waals surface area contributed by atoms with E-state index in [1.165, 1.54) is 0 Å². The van der Waals surface area contributed by atoms with Crippen LogP contribution in [0.5, 0.6) is 51.7 Å². The summed E-state index contributed by atoms with van der Waals surface area (Å²) in [6.07, 6.45) is 0. The summed E-state index contributed by atoms with van der Waals surface area (Å²) in [5.41, 5.74) is 18.6. The second-order valence-electron chi connectivity index (χ2n) is 29.3. The molecule has 0 radical (unpaired) electrons. The van der Waals surface area contributed by atoms with Crippen LogP contribution in [-0.4, -0.2) is 83.7 Å². The van der Waals surface area contributed by atoms with Gasteiger partial charge in [0.05, 0.1) is 0 Å². The molecule has 0 unspecified atom stereocenters. The van der Waals surface area contributed by atoms with E-state index in [9.17, 15) is 60.3 Å². The van der Waals surface area contributed by atoms with E-state index in [2.05, 4.69) is 63.2 Å². The van der Waals surface area contributed by atoms with Gasteiger partial charge in [-0.15, -0.1) is 0 Å². The van der Waals surface area contributed by atoms with Crippen LogP contribution in [0.15, 0.2) is 133 Å². The fraction of sp³-hybridized carbons (Fsp3) is 0.292. The van der Waals surface area contributed by atoms with Crippen molar-refractivity contribution in [3.05, 3.63) is 295 Å². The molecule has 9 N–H and O–H groups in total. The number of carboxylic acid groups (broad SMARTS) is 3. The Morgan fingerprint density at radius 1 is 0.269 bits per heavy atom. The van der Waals surface area contributed by atoms with Crippen molar-refractivity contribution in [2.24, 2.45) is 0 Å². The van der Waals surface area contributed by atoms with Crippen molar-refractivity contribution in [1.82, 2.24) is 0 Å². The highest BCUT2D eigenvalue weighted by molar-refractivity contribution is 5.72. The number of aryl methyl sites for hydroxylation is 15. The summed E-state index contributed by atoms with van der Waals surface area (Å²) in [6.45, 7) is 32.4. The molecule has 0 aliphatic heterocycles. The van der Waals surface area contributed by atoms with Gasteiger partial charge in [0.1, 0.15) is 51.7 Å². The molecule has 10 aromatic rings. The molecule has 0 aromatic heterocycles. The molecule has 10 aromatic carbocycles. The predicted octanol–water partition coefficient (Wildman–Crippen LogP) is 18.2. The zero-order valence-electron chi connectivity index (χ0n) is 62.5. The van der Waals surface area contributed by atoms with Gasteiger partial charge in [0.2, 0.25) is 0 Å². The average molecular weight is 1400 g/mol. The quantitative estimate of drug-likeness (QED) is 0.0270. The molecule has 15 heteroatoms. The fourth-order valence-electron chi connectivity index (χ4n) is 15.2. The molecule has 10 rings (SSSR count). The van der Waals surface area contributed by atoms with Gasteiger partial charge in [0, 0.05) is 45.3 Å². The molecule has 540 valence electrons. The van der Waals surface area contributed by atoms with Crippen molar-refractivity contribution in [3.63, 3.8) is 0 Å². The highest BCUT2D eigenvalue weighted by Gasteiger charge is 2.40. The predicted molar refractivity (Wildman–Crippen MR) is 405 cm³/mol. The highest BCUT2D eigenvalue weighted by atomic mass is 16.5. The van der Waals surface area contributed by atoms with Gasteiger partial charge in [-0.3, -0.25) is 0 Å². The summed E-state index contributed by atoms with van der Waals surface area (Å²) in [6, 6.07) is 42.5. The minimum absolute atomic E-state index is 0.0886. The number of benzene rings is 10. The average Bonchev–Trinajstić information content (AvgIpc) is 0.729. The number of carboxylic acids is 3. The number of hydrogen-bond acceptors (Lipinski definition) is 12. The summed E-state index contributed by atoms with van der Waals surface area (Å²) in [4.78, 5) is 37.9. The summed E-state index contributed by atoms with van der Waals surface area (Å²) >= 11 is 0. The van der Waals surface area contributed by atoms with E-state index in [4.69, 9.17) is 14.2 Å². The number of ether oxygens (including phenoxy) is 3. The van der Waals surface area contributed by atoms with E-state index in [0.29, 0.717) is 84.0 Å². The first kappa shape index (κ1) is 75.5. The Morgan fingerprint density at radius 3 is 0.712 bits per heavy atom. The third-order valence-corrected chi connectivity index (χ3v) is 21.3. The van der Waals surface area contributed by atoms with Crippen LogP contribution >= 0.6 is 0 Å². The maximum atomic E-state index is 12.7. The molecule has 0 atom stereocenters. The van der Waals surface area contributed by atoms with E-state index in [1.54, 1.807) is 36.4 Å².